The van der Waals surface area contributed by atoms with E-state index in [4.69, 9.17) is 0 Å². The minimum atomic E-state index is 0.144. The number of ketones is 1. The summed E-state index contributed by atoms with van der Waals surface area (Å²) >= 11 is 3.39. The average Bonchev–Trinajstić information content (AvgIpc) is 2.39. The molecule has 0 fully saturated rings. The Morgan fingerprint density at radius 1 is 1.24 bits per heavy atom. The second-order valence-corrected chi connectivity index (χ2v) is 4.63. The summed E-state index contributed by atoms with van der Waals surface area (Å²) in [5, 5.41) is 0. The number of carbonyl (C=O) groups is 1. The van der Waals surface area contributed by atoms with E-state index in [1.54, 1.807) is 12.3 Å². The minimum Gasteiger partial charge on any atom is -0.294 e. The van der Waals surface area contributed by atoms with Crippen LogP contribution in [0.1, 0.15) is 23.7 Å². The Morgan fingerprint density at radius 3 is 2.59 bits per heavy atom. The van der Waals surface area contributed by atoms with E-state index < -0.39 is 0 Å². The molecule has 2 aromatic rings. The Kier molecular flexibility index (Phi) is 3.69. The molecule has 0 amide bonds. The summed E-state index contributed by atoms with van der Waals surface area (Å²) in [7, 11) is 0. The number of aromatic nitrogens is 1. The highest BCUT2D eigenvalue weighted by Crippen LogP contribution is 2.20. The van der Waals surface area contributed by atoms with Gasteiger partial charge in [-0.1, -0.05) is 35.0 Å². The molecule has 0 N–H and O–H groups in total. The van der Waals surface area contributed by atoms with Gasteiger partial charge in [0.2, 0.25) is 0 Å². The molecule has 0 radical (unpaired) electrons. The fourth-order valence-electron chi connectivity index (χ4n) is 1.59. The number of nitrogens with zero attached hydrogens (tertiary/aromatic N) is 1. The van der Waals surface area contributed by atoms with Gasteiger partial charge in [-0.2, -0.15) is 0 Å². The van der Waals surface area contributed by atoms with Crippen LogP contribution in [0.2, 0.25) is 0 Å². The lowest BCUT2D eigenvalue weighted by Gasteiger charge is -2.03. The van der Waals surface area contributed by atoms with Crippen molar-refractivity contribution in [3.05, 3.63) is 52.6 Å². The number of rotatable bonds is 3. The molecule has 0 bridgehead atoms. The molecule has 0 saturated heterocycles. The summed E-state index contributed by atoms with van der Waals surface area (Å²) in [6.07, 6.45) is 2.20. The van der Waals surface area contributed by atoms with Crippen LogP contribution in [-0.4, -0.2) is 10.8 Å². The van der Waals surface area contributed by atoms with E-state index in [1.165, 1.54) is 0 Å². The van der Waals surface area contributed by atoms with Gasteiger partial charge in [0.15, 0.2) is 5.78 Å². The molecule has 0 saturated carbocycles. The molecular formula is C14H12BrNO. The number of hydrogen-bond donors (Lipinski definition) is 0. The molecule has 2 rings (SSSR count). The van der Waals surface area contributed by atoms with Crippen LogP contribution >= 0.6 is 15.9 Å². The quantitative estimate of drug-likeness (QED) is 0.796. The number of carbonyl (C=O) groups excluding carboxylic acids is 1. The van der Waals surface area contributed by atoms with Crippen LogP contribution in [0.3, 0.4) is 0 Å². The van der Waals surface area contributed by atoms with Crippen molar-refractivity contribution in [3.63, 3.8) is 0 Å². The van der Waals surface area contributed by atoms with E-state index in [1.807, 2.05) is 37.3 Å². The van der Waals surface area contributed by atoms with E-state index in [-0.39, 0.29) is 5.78 Å². The zero-order valence-corrected chi connectivity index (χ0v) is 11.1. The number of halogens is 1. The average molecular weight is 290 g/mol. The van der Waals surface area contributed by atoms with Crippen molar-refractivity contribution in [2.24, 2.45) is 0 Å². The largest absolute Gasteiger partial charge is 0.294 e. The molecule has 3 heteroatoms. The molecule has 0 aliphatic carbocycles. The number of pyridine rings is 1. The normalized spacial score (nSPS) is 10.2. The molecule has 0 aliphatic rings. The van der Waals surface area contributed by atoms with Crippen molar-refractivity contribution in [2.75, 3.05) is 0 Å². The van der Waals surface area contributed by atoms with Crippen molar-refractivity contribution < 1.29 is 4.79 Å². The van der Waals surface area contributed by atoms with Crippen LogP contribution in [0.4, 0.5) is 0 Å². The zero-order valence-electron chi connectivity index (χ0n) is 9.48. The lowest BCUT2D eigenvalue weighted by molar-refractivity contribution is 0.0988. The number of benzene rings is 1. The van der Waals surface area contributed by atoms with E-state index in [2.05, 4.69) is 20.9 Å². The van der Waals surface area contributed by atoms with Crippen molar-refractivity contribution in [3.8, 4) is 11.3 Å². The molecule has 1 heterocycles. The lowest BCUT2D eigenvalue weighted by Crippen LogP contribution is -1.97. The number of hydrogen-bond acceptors (Lipinski definition) is 2. The molecule has 0 aliphatic heterocycles. The Labute approximate surface area is 109 Å². The van der Waals surface area contributed by atoms with Crippen molar-refractivity contribution >= 4 is 21.7 Å². The predicted octanol–water partition coefficient (Wildman–Crippen LogP) is 4.10. The van der Waals surface area contributed by atoms with Crippen molar-refractivity contribution in [1.29, 1.82) is 0 Å². The molecule has 0 spiro atoms. The van der Waals surface area contributed by atoms with Crippen LogP contribution in [0, 0.1) is 0 Å². The van der Waals surface area contributed by atoms with Crippen LogP contribution in [0.25, 0.3) is 11.3 Å². The predicted molar refractivity (Wildman–Crippen MR) is 72.0 cm³/mol. The molecule has 86 valence electrons. The summed E-state index contributed by atoms with van der Waals surface area (Å²) in [4.78, 5) is 15.9. The lowest BCUT2D eigenvalue weighted by atomic mass is 10.1. The summed E-state index contributed by atoms with van der Waals surface area (Å²) < 4.78 is 1.03. The van der Waals surface area contributed by atoms with E-state index in [0.29, 0.717) is 6.42 Å². The monoisotopic (exact) mass is 289 g/mol. The minimum absolute atomic E-state index is 0.144. The van der Waals surface area contributed by atoms with Gasteiger partial charge in [-0.15, -0.1) is 0 Å². The van der Waals surface area contributed by atoms with Gasteiger partial charge in [0.05, 0.1) is 5.69 Å². The molecule has 2 nitrogen and oxygen atoms in total. The summed E-state index contributed by atoms with van der Waals surface area (Å²) in [5.74, 6) is 0.144. The maximum atomic E-state index is 11.6. The SMILES string of the molecule is CCC(=O)c1ccnc(-c2ccc(Br)cc2)c1. The summed E-state index contributed by atoms with van der Waals surface area (Å²) in [6, 6.07) is 11.5. The van der Waals surface area contributed by atoms with Crippen LogP contribution in [-0.2, 0) is 0 Å². The van der Waals surface area contributed by atoms with Gasteiger partial charge in [-0.25, -0.2) is 0 Å². The third-order valence-electron chi connectivity index (χ3n) is 2.54. The van der Waals surface area contributed by atoms with E-state index in [9.17, 15) is 4.79 Å². The first-order chi connectivity index (χ1) is 8.20. The van der Waals surface area contributed by atoms with Crippen molar-refractivity contribution in [1.82, 2.24) is 4.98 Å². The van der Waals surface area contributed by atoms with Gasteiger partial charge in [-0.3, -0.25) is 9.78 Å². The Balaban J connectivity index is 2.39. The van der Waals surface area contributed by atoms with Gasteiger partial charge < -0.3 is 0 Å². The van der Waals surface area contributed by atoms with Crippen molar-refractivity contribution in [2.45, 2.75) is 13.3 Å². The maximum absolute atomic E-state index is 11.6. The van der Waals surface area contributed by atoms with Gasteiger partial charge in [0, 0.05) is 28.2 Å². The molecule has 0 atom stereocenters. The van der Waals surface area contributed by atoms with Gasteiger partial charge >= 0.3 is 0 Å². The first-order valence-electron chi connectivity index (χ1n) is 5.46. The Hall–Kier alpha value is -1.48. The maximum Gasteiger partial charge on any atom is 0.162 e. The molecule has 1 aromatic heterocycles. The van der Waals surface area contributed by atoms with E-state index >= 15 is 0 Å². The van der Waals surface area contributed by atoms with Gasteiger partial charge in [0.1, 0.15) is 0 Å². The molecule has 0 unspecified atom stereocenters. The van der Waals surface area contributed by atoms with Gasteiger partial charge in [-0.05, 0) is 24.3 Å². The zero-order chi connectivity index (χ0) is 12.3. The first kappa shape index (κ1) is 12.0. The third-order valence-corrected chi connectivity index (χ3v) is 3.07. The summed E-state index contributed by atoms with van der Waals surface area (Å²) in [6.45, 7) is 1.86. The van der Waals surface area contributed by atoms with Crippen LogP contribution in [0.5, 0.6) is 0 Å². The highest BCUT2D eigenvalue weighted by molar-refractivity contribution is 9.10. The van der Waals surface area contributed by atoms with E-state index in [0.717, 1.165) is 21.3 Å². The smallest absolute Gasteiger partial charge is 0.162 e. The second kappa shape index (κ2) is 5.23. The first-order valence-corrected chi connectivity index (χ1v) is 6.25. The summed E-state index contributed by atoms with van der Waals surface area (Å²) in [5.41, 5.74) is 2.57. The standard InChI is InChI=1S/C14H12BrNO/c1-2-14(17)11-7-8-16-13(9-11)10-3-5-12(15)6-4-10/h3-9H,2H2,1H3. The van der Waals surface area contributed by atoms with Crippen LogP contribution < -0.4 is 0 Å². The Bertz CT molecular complexity index is 534. The highest BCUT2D eigenvalue weighted by atomic mass is 79.9. The Morgan fingerprint density at radius 2 is 1.94 bits per heavy atom. The highest BCUT2D eigenvalue weighted by Gasteiger charge is 2.05. The van der Waals surface area contributed by atoms with Gasteiger partial charge in [0.25, 0.3) is 0 Å². The molecular weight excluding hydrogens is 278 g/mol. The fourth-order valence-corrected chi connectivity index (χ4v) is 1.85. The second-order valence-electron chi connectivity index (χ2n) is 3.71. The fraction of sp³-hybridized carbons (Fsp3) is 0.143. The third kappa shape index (κ3) is 2.80. The number of Topliss-reactive ketones (excluding diaryl/α,β-unsaturated/α-hetero) is 1. The molecule has 1 aromatic carbocycles. The topological polar surface area (TPSA) is 30.0 Å². The van der Waals surface area contributed by atoms with Crippen LogP contribution in [0.15, 0.2) is 47.1 Å². The molecule has 17 heavy (non-hydrogen) atoms.